The molecule has 1 unspecified atom stereocenters. The highest BCUT2D eigenvalue weighted by Gasteiger charge is 2.05. The summed E-state index contributed by atoms with van der Waals surface area (Å²) in [5.74, 6) is 6.06. The molecule has 80 valence electrons. The second-order valence-corrected chi connectivity index (χ2v) is 3.81. The summed E-state index contributed by atoms with van der Waals surface area (Å²) in [7, 11) is 2.00. The Morgan fingerprint density at radius 2 is 2.20 bits per heavy atom. The summed E-state index contributed by atoms with van der Waals surface area (Å²) in [6.07, 6.45) is 1.97. The molecule has 0 bridgehead atoms. The zero-order valence-electron chi connectivity index (χ0n) is 9.80. The Hall–Kier alpha value is -1.26. The topological polar surface area (TPSA) is 12.0 Å². The van der Waals surface area contributed by atoms with Crippen LogP contribution < -0.4 is 5.32 Å². The van der Waals surface area contributed by atoms with Gasteiger partial charge in [0.1, 0.15) is 0 Å². The van der Waals surface area contributed by atoms with Crippen LogP contribution in [-0.2, 0) is 6.42 Å². The lowest BCUT2D eigenvalue weighted by Crippen LogP contribution is -2.26. The van der Waals surface area contributed by atoms with E-state index >= 15 is 0 Å². The smallest absolute Gasteiger partial charge is 0.0246 e. The molecule has 1 N–H and O–H groups in total. The van der Waals surface area contributed by atoms with Gasteiger partial charge in [-0.1, -0.05) is 29.8 Å². The summed E-state index contributed by atoms with van der Waals surface area (Å²) in [5, 5.41) is 3.30. The molecule has 1 aromatic rings. The molecule has 0 saturated carbocycles. The molecule has 0 saturated heterocycles. The molecule has 0 fully saturated rings. The molecule has 0 aromatic heterocycles. The molecule has 0 radical (unpaired) electrons. The lowest BCUT2D eigenvalue weighted by atomic mass is 10.0. The minimum absolute atomic E-state index is 0.458. The molecule has 1 heteroatoms. The summed E-state index contributed by atoms with van der Waals surface area (Å²) >= 11 is 0. The van der Waals surface area contributed by atoms with Gasteiger partial charge < -0.3 is 5.32 Å². The van der Waals surface area contributed by atoms with Gasteiger partial charge in [-0.05, 0) is 32.9 Å². The highest BCUT2D eigenvalue weighted by Crippen LogP contribution is 2.08. The maximum atomic E-state index is 3.30. The van der Waals surface area contributed by atoms with Crippen LogP contribution in [0.2, 0.25) is 0 Å². The van der Waals surface area contributed by atoms with Crippen LogP contribution >= 0.6 is 0 Å². The van der Waals surface area contributed by atoms with Crippen LogP contribution in [0.5, 0.6) is 0 Å². The second kappa shape index (κ2) is 6.27. The Bertz CT molecular complexity index is 357. The lowest BCUT2D eigenvalue weighted by Gasteiger charge is -2.13. The monoisotopic (exact) mass is 201 g/mol. The quantitative estimate of drug-likeness (QED) is 0.738. The second-order valence-electron chi connectivity index (χ2n) is 3.81. The van der Waals surface area contributed by atoms with Crippen molar-refractivity contribution in [3.8, 4) is 11.8 Å². The van der Waals surface area contributed by atoms with E-state index in [1.807, 2.05) is 14.0 Å². The predicted octanol–water partition coefficient (Wildman–Crippen LogP) is 2.54. The van der Waals surface area contributed by atoms with Crippen molar-refractivity contribution in [3.63, 3.8) is 0 Å². The molecule has 1 rings (SSSR count). The molecule has 0 aliphatic rings. The highest BCUT2D eigenvalue weighted by atomic mass is 14.9. The van der Waals surface area contributed by atoms with Crippen molar-refractivity contribution < 1.29 is 0 Å². The zero-order chi connectivity index (χ0) is 11.1. The number of nitrogens with one attached hydrogen (secondary N) is 1. The van der Waals surface area contributed by atoms with Crippen molar-refractivity contribution in [2.75, 3.05) is 7.05 Å². The van der Waals surface area contributed by atoms with Gasteiger partial charge in [-0.25, -0.2) is 0 Å². The Morgan fingerprint density at radius 1 is 1.40 bits per heavy atom. The van der Waals surface area contributed by atoms with Crippen molar-refractivity contribution >= 4 is 0 Å². The third kappa shape index (κ3) is 4.18. The van der Waals surface area contributed by atoms with Crippen LogP contribution in [0.1, 0.15) is 24.5 Å². The normalized spacial score (nSPS) is 11.7. The van der Waals surface area contributed by atoms with Crippen LogP contribution in [0.3, 0.4) is 0 Å². The Labute approximate surface area is 92.9 Å². The van der Waals surface area contributed by atoms with Crippen LogP contribution in [0, 0.1) is 18.8 Å². The SMILES string of the molecule is CC#CCC(Cc1cccc(C)c1)NC. The van der Waals surface area contributed by atoms with E-state index in [0.717, 1.165) is 12.8 Å². The molecule has 0 amide bonds. The highest BCUT2D eigenvalue weighted by molar-refractivity contribution is 5.23. The minimum atomic E-state index is 0.458. The fourth-order valence-corrected chi connectivity index (χ4v) is 1.63. The van der Waals surface area contributed by atoms with Crippen molar-refractivity contribution in [2.45, 2.75) is 32.7 Å². The first-order chi connectivity index (χ1) is 7.26. The fourth-order valence-electron chi connectivity index (χ4n) is 1.63. The van der Waals surface area contributed by atoms with Gasteiger partial charge in [-0.3, -0.25) is 0 Å². The molecule has 0 aliphatic carbocycles. The van der Waals surface area contributed by atoms with E-state index in [9.17, 15) is 0 Å². The van der Waals surface area contributed by atoms with Gasteiger partial charge in [0, 0.05) is 12.5 Å². The minimum Gasteiger partial charge on any atom is -0.316 e. The number of likely N-dealkylation sites (N-methyl/N-ethyl adjacent to an activating group) is 1. The van der Waals surface area contributed by atoms with E-state index in [0.29, 0.717) is 6.04 Å². The largest absolute Gasteiger partial charge is 0.316 e. The van der Waals surface area contributed by atoms with Crippen molar-refractivity contribution in [1.29, 1.82) is 0 Å². The summed E-state index contributed by atoms with van der Waals surface area (Å²) in [6.45, 7) is 4.02. The first-order valence-electron chi connectivity index (χ1n) is 5.38. The number of rotatable bonds is 4. The van der Waals surface area contributed by atoms with Crippen LogP contribution in [-0.4, -0.2) is 13.1 Å². The molecule has 0 aliphatic heterocycles. The van der Waals surface area contributed by atoms with E-state index in [1.54, 1.807) is 0 Å². The number of benzene rings is 1. The Balaban J connectivity index is 2.60. The summed E-state index contributed by atoms with van der Waals surface area (Å²) < 4.78 is 0. The molecular weight excluding hydrogens is 182 g/mol. The lowest BCUT2D eigenvalue weighted by molar-refractivity contribution is 0.573. The van der Waals surface area contributed by atoms with Crippen molar-refractivity contribution in [2.24, 2.45) is 0 Å². The summed E-state index contributed by atoms with van der Waals surface area (Å²) in [6, 6.07) is 9.12. The first kappa shape index (κ1) is 11.8. The summed E-state index contributed by atoms with van der Waals surface area (Å²) in [4.78, 5) is 0. The third-order valence-corrected chi connectivity index (χ3v) is 2.50. The van der Waals surface area contributed by atoms with Gasteiger partial charge in [0.2, 0.25) is 0 Å². The number of hydrogen-bond acceptors (Lipinski definition) is 1. The third-order valence-electron chi connectivity index (χ3n) is 2.50. The predicted molar refractivity (Wildman–Crippen MR) is 65.8 cm³/mol. The zero-order valence-corrected chi connectivity index (χ0v) is 9.80. The van der Waals surface area contributed by atoms with E-state index in [4.69, 9.17) is 0 Å². The molecule has 0 heterocycles. The van der Waals surface area contributed by atoms with Gasteiger partial charge in [0.15, 0.2) is 0 Å². The van der Waals surface area contributed by atoms with Crippen LogP contribution in [0.15, 0.2) is 24.3 Å². The van der Waals surface area contributed by atoms with Crippen LogP contribution in [0.25, 0.3) is 0 Å². The van der Waals surface area contributed by atoms with E-state index in [-0.39, 0.29) is 0 Å². The van der Waals surface area contributed by atoms with Crippen LogP contribution in [0.4, 0.5) is 0 Å². The van der Waals surface area contributed by atoms with Gasteiger partial charge in [-0.2, -0.15) is 0 Å². The molecule has 1 atom stereocenters. The van der Waals surface area contributed by atoms with Crippen molar-refractivity contribution in [3.05, 3.63) is 35.4 Å². The maximum Gasteiger partial charge on any atom is 0.0246 e. The summed E-state index contributed by atoms with van der Waals surface area (Å²) in [5.41, 5.74) is 2.70. The number of aryl methyl sites for hydroxylation is 1. The molecule has 15 heavy (non-hydrogen) atoms. The standard InChI is InChI=1S/C14H19N/c1-4-5-9-14(15-3)11-13-8-6-7-12(2)10-13/h6-8,10,14-15H,9,11H2,1-3H3. The van der Waals surface area contributed by atoms with Gasteiger partial charge in [-0.15, -0.1) is 11.8 Å². The van der Waals surface area contributed by atoms with E-state index < -0.39 is 0 Å². The average molecular weight is 201 g/mol. The number of hydrogen-bond donors (Lipinski definition) is 1. The van der Waals surface area contributed by atoms with Gasteiger partial charge in [0.25, 0.3) is 0 Å². The van der Waals surface area contributed by atoms with Crippen molar-refractivity contribution in [1.82, 2.24) is 5.32 Å². The molecule has 1 aromatic carbocycles. The average Bonchev–Trinajstić information content (AvgIpc) is 2.24. The molecule has 1 nitrogen and oxygen atoms in total. The Morgan fingerprint density at radius 3 is 2.80 bits per heavy atom. The fraction of sp³-hybridized carbons (Fsp3) is 0.429. The first-order valence-corrected chi connectivity index (χ1v) is 5.38. The van der Waals surface area contributed by atoms with Gasteiger partial charge >= 0.3 is 0 Å². The Kier molecular flexibility index (Phi) is 4.93. The van der Waals surface area contributed by atoms with E-state index in [2.05, 4.69) is 48.3 Å². The maximum absolute atomic E-state index is 3.30. The molecule has 0 spiro atoms. The van der Waals surface area contributed by atoms with E-state index in [1.165, 1.54) is 11.1 Å². The molecular formula is C14H19N. The van der Waals surface area contributed by atoms with Gasteiger partial charge in [0.05, 0.1) is 0 Å².